The molecule has 0 amide bonds. The Bertz CT molecular complexity index is 408. The molecule has 80 valence electrons. The number of aromatic nitrogens is 2. The topological polar surface area (TPSA) is 37.8 Å². The van der Waals surface area contributed by atoms with Crippen molar-refractivity contribution in [1.29, 1.82) is 0 Å². The molecule has 0 spiro atoms. The van der Waals surface area contributed by atoms with Crippen molar-refractivity contribution in [3.63, 3.8) is 0 Å². The second-order valence-corrected chi connectivity index (χ2v) is 4.99. The van der Waals surface area contributed by atoms with Crippen LogP contribution in [0.5, 0.6) is 0 Å². The number of fused-ring (bicyclic) bond motifs is 1. The Morgan fingerprint density at radius 3 is 2.67 bits per heavy atom. The van der Waals surface area contributed by atoms with Gasteiger partial charge in [0.2, 0.25) is 0 Å². The second-order valence-electron chi connectivity index (χ2n) is 4.99. The van der Waals surface area contributed by atoms with Gasteiger partial charge in [0.1, 0.15) is 11.6 Å². The molecular formula is C12H17N3. The molecule has 15 heavy (non-hydrogen) atoms. The van der Waals surface area contributed by atoms with Crippen molar-refractivity contribution in [2.24, 2.45) is 0 Å². The molecule has 1 heterocycles. The first-order chi connectivity index (χ1) is 7.23. The van der Waals surface area contributed by atoms with Crippen LogP contribution in [-0.2, 0) is 18.3 Å². The molecule has 0 saturated heterocycles. The summed E-state index contributed by atoms with van der Waals surface area (Å²) >= 11 is 0. The van der Waals surface area contributed by atoms with Crippen LogP contribution in [0, 0.1) is 0 Å². The number of rotatable bonds is 2. The van der Waals surface area contributed by atoms with Gasteiger partial charge in [0.05, 0.1) is 0 Å². The summed E-state index contributed by atoms with van der Waals surface area (Å²) < 4.78 is 0. The lowest BCUT2D eigenvalue weighted by Crippen LogP contribution is -2.12. The summed E-state index contributed by atoms with van der Waals surface area (Å²) in [6, 6.07) is 0. The zero-order chi connectivity index (χ0) is 10.5. The minimum Gasteiger partial charge on any atom is -0.373 e. The van der Waals surface area contributed by atoms with Gasteiger partial charge in [-0.05, 0) is 32.1 Å². The first-order valence-corrected chi connectivity index (χ1v) is 5.81. The molecule has 3 heteroatoms. The van der Waals surface area contributed by atoms with E-state index in [-0.39, 0.29) is 5.41 Å². The number of nitrogens with zero attached hydrogens (tertiary/aromatic N) is 2. The SMILES string of the molecule is CNc1nc(C2(C)CC2)nc2c1CCC2. The number of aryl methyl sites for hydroxylation is 1. The Balaban J connectivity index is 2.11. The Labute approximate surface area is 90.3 Å². The van der Waals surface area contributed by atoms with Gasteiger partial charge in [-0.2, -0.15) is 0 Å². The van der Waals surface area contributed by atoms with E-state index in [0.717, 1.165) is 24.5 Å². The Hall–Kier alpha value is -1.12. The summed E-state index contributed by atoms with van der Waals surface area (Å²) in [6.45, 7) is 2.27. The molecule has 1 saturated carbocycles. The van der Waals surface area contributed by atoms with Gasteiger partial charge in [-0.1, -0.05) is 6.92 Å². The van der Waals surface area contributed by atoms with Gasteiger partial charge in [-0.3, -0.25) is 0 Å². The average molecular weight is 203 g/mol. The summed E-state index contributed by atoms with van der Waals surface area (Å²) in [7, 11) is 1.96. The molecule has 1 aromatic heterocycles. The third-order valence-corrected chi connectivity index (χ3v) is 3.71. The van der Waals surface area contributed by atoms with Crippen molar-refractivity contribution >= 4 is 5.82 Å². The van der Waals surface area contributed by atoms with Crippen LogP contribution in [0.15, 0.2) is 0 Å². The molecule has 1 N–H and O–H groups in total. The van der Waals surface area contributed by atoms with Gasteiger partial charge >= 0.3 is 0 Å². The highest BCUT2D eigenvalue weighted by Gasteiger charge is 2.42. The molecule has 0 unspecified atom stereocenters. The van der Waals surface area contributed by atoms with Gasteiger partial charge in [-0.15, -0.1) is 0 Å². The van der Waals surface area contributed by atoms with E-state index in [2.05, 4.69) is 17.2 Å². The average Bonchev–Trinajstić information content (AvgIpc) is 2.82. The molecular weight excluding hydrogens is 186 g/mol. The van der Waals surface area contributed by atoms with E-state index in [1.807, 2.05) is 7.05 Å². The van der Waals surface area contributed by atoms with E-state index in [0.29, 0.717) is 0 Å². The molecule has 1 aromatic rings. The van der Waals surface area contributed by atoms with Crippen LogP contribution in [0.4, 0.5) is 5.82 Å². The van der Waals surface area contributed by atoms with E-state index in [1.54, 1.807) is 0 Å². The van der Waals surface area contributed by atoms with Crippen LogP contribution in [0.2, 0.25) is 0 Å². The fourth-order valence-corrected chi connectivity index (χ4v) is 2.32. The largest absolute Gasteiger partial charge is 0.373 e. The zero-order valence-corrected chi connectivity index (χ0v) is 9.43. The van der Waals surface area contributed by atoms with E-state index < -0.39 is 0 Å². The molecule has 0 aromatic carbocycles. The highest BCUT2D eigenvalue weighted by Crippen LogP contribution is 2.46. The molecule has 0 aliphatic heterocycles. The third-order valence-electron chi connectivity index (χ3n) is 3.71. The number of hydrogen-bond acceptors (Lipinski definition) is 3. The maximum Gasteiger partial charge on any atom is 0.136 e. The van der Waals surface area contributed by atoms with Crippen LogP contribution in [-0.4, -0.2) is 17.0 Å². The van der Waals surface area contributed by atoms with Crippen LogP contribution in [0.3, 0.4) is 0 Å². The smallest absolute Gasteiger partial charge is 0.136 e. The fourth-order valence-electron chi connectivity index (χ4n) is 2.32. The van der Waals surface area contributed by atoms with Gasteiger partial charge in [0.15, 0.2) is 0 Å². The predicted octanol–water partition coefficient (Wildman–Crippen LogP) is 2.06. The zero-order valence-electron chi connectivity index (χ0n) is 9.43. The van der Waals surface area contributed by atoms with Crippen LogP contribution in [0.1, 0.15) is 43.3 Å². The Kier molecular flexibility index (Phi) is 1.79. The Morgan fingerprint density at radius 1 is 1.20 bits per heavy atom. The highest BCUT2D eigenvalue weighted by atomic mass is 15.0. The summed E-state index contributed by atoms with van der Waals surface area (Å²) in [5, 5.41) is 3.22. The fraction of sp³-hybridized carbons (Fsp3) is 0.667. The maximum absolute atomic E-state index is 4.74. The first kappa shape index (κ1) is 9.13. The summed E-state index contributed by atoms with van der Waals surface area (Å²) in [4.78, 5) is 9.42. The van der Waals surface area contributed by atoms with Crippen LogP contribution in [0.25, 0.3) is 0 Å². The van der Waals surface area contributed by atoms with E-state index >= 15 is 0 Å². The molecule has 2 aliphatic carbocycles. The maximum atomic E-state index is 4.74. The van der Waals surface area contributed by atoms with Crippen molar-refractivity contribution in [1.82, 2.24) is 9.97 Å². The summed E-state index contributed by atoms with van der Waals surface area (Å²) in [6.07, 6.45) is 6.00. The molecule has 3 rings (SSSR count). The lowest BCUT2D eigenvalue weighted by molar-refractivity contribution is 0.700. The highest BCUT2D eigenvalue weighted by molar-refractivity contribution is 5.49. The van der Waals surface area contributed by atoms with Crippen molar-refractivity contribution < 1.29 is 0 Å². The molecule has 0 bridgehead atoms. The quantitative estimate of drug-likeness (QED) is 0.799. The van der Waals surface area contributed by atoms with Crippen molar-refractivity contribution in [2.75, 3.05) is 12.4 Å². The van der Waals surface area contributed by atoms with E-state index in [9.17, 15) is 0 Å². The number of hydrogen-bond donors (Lipinski definition) is 1. The summed E-state index contributed by atoms with van der Waals surface area (Å²) in [5.74, 6) is 2.13. The standard InChI is InChI=1S/C12H17N3/c1-12(6-7-12)11-14-9-5-3-4-8(9)10(13-2)15-11/h3-7H2,1-2H3,(H,13,14,15). The van der Waals surface area contributed by atoms with Crippen LogP contribution < -0.4 is 5.32 Å². The predicted molar refractivity (Wildman–Crippen MR) is 60.2 cm³/mol. The first-order valence-electron chi connectivity index (χ1n) is 5.81. The van der Waals surface area contributed by atoms with Crippen LogP contribution >= 0.6 is 0 Å². The molecule has 0 atom stereocenters. The van der Waals surface area contributed by atoms with Gasteiger partial charge in [-0.25, -0.2) is 9.97 Å². The minimum atomic E-state index is 0.281. The van der Waals surface area contributed by atoms with Crippen molar-refractivity contribution in [3.8, 4) is 0 Å². The van der Waals surface area contributed by atoms with Gasteiger partial charge < -0.3 is 5.32 Å². The molecule has 1 fully saturated rings. The lowest BCUT2D eigenvalue weighted by atomic mass is 10.1. The molecule has 2 aliphatic rings. The molecule has 0 radical (unpaired) electrons. The summed E-state index contributed by atoms with van der Waals surface area (Å²) in [5.41, 5.74) is 2.92. The Morgan fingerprint density at radius 2 is 2.00 bits per heavy atom. The lowest BCUT2D eigenvalue weighted by Gasteiger charge is -2.12. The third kappa shape index (κ3) is 1.33. The van der Waals surface area contributed by atoms with Crippen molar-refractivity contribution in [2.45, 2.75) is 44.4 Å². The minimum absolute atomic E-state index is 0.281. The van der Waals surface area contributed by atoms with E-state index in [4.69, 9.17) is 4.98 Å². The normalized spacial score (nSPS) is 21.2. The van der Waals surface area contributed by atoms with E-state index in [1.165, 1.54) is 30.5 Å². The van der Waals surface area contributed by atoms with Gasteiger partial charge in [0, 0.05) is 23.7 Å². The van der Waals surface area contributed by atoms with Gasteiger partial charge in [0.25, 0.3) is 0 Å². The second kappa shape index (κ2) is 2.94. The number of anilines is 1. The number of nitrogens with one attached hydrogen (secondary N) is 1. The van der Waals surface area contributed by atoms with Crippen molar-refractivity contribution in [3.05, 3.63) is 17.1 Å². The molecule has 3 nitrogen and oxygen atoms in total. The monoisotopic (exact) mass is 203 g/mol.